The maximum atomic E-state index is 11.8. The van der Waals surface area contributed by atoms with Gasteiger partial charge in [-0.05, 0) is 24.5 Å². The molecule has 1 fully saturated rings. The predicted octanol–water partition coefficient (Wildman–Crippen LogP) is 3.80. The van der Waals surface area contributed by atoms with E-state index < -0.39 is 0 Å². The molecule has 4 heteroatoms. The Bertz CT molecular complexity index is 600. The zero-order valence-corrected chi connectivity index (χ0v) is 12.3. The SMILES string of the molecule is COC(=O)c1cc(-c2ccccc2)c(N2CCCC2)s1. The van der Waals surface area contributed by atoms with Gasteiger partial charge in [0.15, 0.2) is 0 Å². The van der Waals surface area contributed by atoms with Crippen molar-refractivity contribution in [3.05, 3.63) is 41.3 Å². The molecule has 0 unspecified atom stereocenters. The lowest BCUT2D eigenvalue weighted by atomic mass is 10.1. The van der Waals surface area contributed by atoms with E-state index in [1.54, 1.807) is 0 Å². The van der Waals surface area contributed by atoms with Crippen LogP contribution in [0.25, 0.3) is 11.1 Å². The number of hydrogen-bond acceptors (Lipinski definition) is 4. The number of thiophene rings is 1. The molecule has 2 heterocycles. The van der Waals surface area contributed by atoms with E-state index in [0.717, 1.165) is 24.2 Å². The summed E-state index contributed by atoms with van der Waals surface area (Å²) < 4.78 is 4.86. The molecule has 1 aliphatic heterocycles. The lowest BCUT2D eigenvalue weighted by molar-refractivity contribution is 0.0606. The molecule has 0 bridgehead atoms. The van der Waals surface area contributed by atoms with Gasteiger partial charge in [0.1, 0.15) is 4.88 Å². The van der Waals surface area contributed by atoms with Gasteiger partial charge in [-0.1, -0.05) is 30.3 Å². The van der Waals surface area contributed by atoms with Gasteiger partial charge in [-0.15, -0.1) is 11.3 Å². The minimum atomic E-state index is -0.252. The Balaban J connectivity index is 2.06. The monoisotopic (exact) mass is 287 g/mol. The van der Waals surface area contributed by atoms with Gasteiger partial charge in [-0.2, -0.15) is 0 Å². The van der Waals surface area contributed by atoms with Crippen LogP contribution in [0.3, 0.4) is 0 Å². The fourth-order valence-electron chi connectivity index (χ4n) is 2.56. The Hall–Kier alpha value is -1.81. The van der Waals surface area contributed by atoms with Crippen molar-refractivity contribution in [3.8, 4) is 11.1 Å². The molecule has 0 spiro atoms. The number of rotatable bonds is 3. The number of nitrogens with zero attached hydrogens (tertiary/aromatic N) is 1. The Morgan fingerprint density at radius 3 is 2.55 bits per heavy atom. The van der Waals surface area contributed by atoms with Crippen LogP contribution in [-0.4, -0.2) is 26.2 Å². The third-order valence-electron chi connectivity index (χ3n) is 3.58. The number of methoxy groups -OCH3 is 1. The second-order valence-electron chi connectivity index (χ2n) is 4.88. The molecule has 0 radical (unpaired) electrons. The lowest BCUT2D eigenvalue weighted by Crippen LogP contribution is -2.16. The maximum absolute atomic E-state index is 11.8. The molecule has 20 heavy (non-hydrogen) atoms. The van der Waals surface area contributed by atoms with Crippen LogP contribution in [-0.2, 0) is 4.74 Å². The molecule has 0 N–H and O–H groups in total. The molecule has 1 aliphatic rings. The molecule has 0 aliphatic carbocycles. The first-order chi connectivity index (χ1) is 9.79. The summed E-state index contributed by atoms with van der Waals surface area (Å²) in [5.74, 6) is -0.252. The van der Waals surface area contributed by atoms with Crippen LogP contribution in [0, 0.1) is 0 Å². The Kier molecular flexibility index (Phi) is 3.74. The highest BCUT2D eigenvalue weighted by molar-refractivity contribution is 7.18. The number of benzene rings is 1. The highest BCUT2D eigenvalue weighted by atomic mass is 32.1. The summed E-state index contributed by atoms with van der Waals surface area (Å²) in [7, 11) is 1.43. The number of carbonyl (C=O) groups is 1. The standard InChI is InChI=1S/C16H17NO2S/c1-19-16(18)14-11-13(12-7-3-2-4-8-12)15(20-14)17-9-5-6-10-17/h2-4,7-8,11H,5-6,9-10H2,1H3. The zero-order chi connectivity index (χ0) is 13.9. The van der Waals surface area contributed by atoms with Crippen molar-refractivity contribution in [2.75, 3.05) is 25.1 Å². The summed E-state index contributed by atoms with van der Waals surface area (Å²) in [6.45, 7) is 2.14. The maximum Gasteiger partial charge on any atom is 0.348 e. The van der Waals surface area contributed by atoms with E-state index in [4.69, 9.17) is 4.74 Å². The van der Waals surface area contributed by atoms with Crippen molar-refractivity contribution in [2.24, 2.45) is 0 Å². The number of hydrogen-bond donors (Lipinski definition) is 0. The van der Waals surface area contributed by atoms with E-state index in [2.05, 4.69) is 17.0 Å². The average Bonchev–Trinajstić information content (AvgIpc) is 3.16. The minimum absolute atomic E-state index is 0.252. The highest BCUT2D eigenvalue weighted by Crippen LogP contribution is 2.40. The zero-order valence-electron chi connectivity index (χ0n) is 11.5. The van der Waals surface area contributed by atoms with E-state index in [-0.39, 0.29) is 5.97 Å². The van der Waals surface area contributed by atoms with Crippen molar-refractivity contribution in [1.29, 1.82) is 0 Å². The summed E-state index contributed by atoms with van der Waals surface area (Å²) in [4.78, 5) is 14.8. The quantitative estimate of drug-likeness (QED) is 0.804. The van der Waals surface area contributed by atoms with Gasteiger partial charge in [0.2, 0.25) is 0 Å². The molecule has 104 valence electrons. The molecule has 0 atom stereocenters. The fraction of sp³-hybridized carbons (Fsp3) is 0.312. The minimum Gasteiger partial charge on any atom is -0.465 e. The van der Waals surface area contributed by atoms with Crippen molar-refractivity contribution in [3.63, 3.8) is 0 Å². The van der Waals surface area contributed by atoms with Crippen LogP contribution >= 0.6 is 11.3 Å². The van der Waals surface area contributed by atoms with Crippen LogP contribution in [0.1, 0.15) is 22.5 Å². The van der Waals surface area contributed by atoms with Gasteiger partial charge in [-0.3, -0.25) is 0 Å². The summed E-state index contributed by atoms with van der Waals surface area (Å²) in [6.07, 6.45) is 2.44. The largest absolute Gasteiger partial charge is 0.465 e. The number of anilines is 1. The molecule has 0 saturated carbocycles. The average molecular weight is 287 g/mol. The topological polar surface area (TPSA) is 29.5 Å². The van der Waals surface area contributed by atoms with Crippen LogP contribution in [0.5, 0.6) is 0 Å². The highest BCUT2D eigenvalue weighted by Gasteiger charge is 2.22. The van der Waals surface area contributed by atoms with Crippen molar-refractivity contribution in [2.45, 2.75) is 12.8 Å². The van der Waals surface area contributed by atoms with Crippen LogP contribution in [0.4, 0.5) is 5.00 Å². The molecule has 1 aromatic heterocycles. The summed E-state index contributed by atoms with van der Waals surface area (Å²) >= 11 is 1.54. The molecular weight excluding hydrogens is 270 g/mol. The van der Waals surface area contributed by atoms with Gasteiger partial charge in [-0.25, -0.2) is 4.79 Å². The fourth-order valence-corrected chi connectivity index (χ4v) is 3.71. The van der Waals surface area contributed by atoms with Gasteiger partial charge in [0, 0.05) is 18.7 Å². The summed E-state index contributed by atoms with van der Waals surface area (Å²) in [5, 5.41) is 1.19. The Morgan fingerprint density at radius 2 is 1.90 bits per heavy atom. The van der Waals surface area contributed by atoms with Gasteiger partial charge >= 0.3 is 5.97 Å². The second-order valence-corrected chi connectivity index (χ2v) is 5.91. The predicted molar refractivity (Wildman–Crippen MR) is 82.5 cm³/mol. The molecule has 1 saturated heterocycles. The molecule has 0 amide bonds. The first-order valence-corrected chi connectivity index (χ1v) is 7.64. The summed E-state index contributed by atoms with van der Waals surface area (Å²) in [5.41, 5.74) is 2.29. The van der Waals surface area contributed by atoms with Crippen molar-refractivity contribution >= 4 is 22.3 Å². The molecule has 3 rings (SSSR count). The first-order valence-electron chi connectivity index (χ1n) is 6.82. The van der Waals surface area contributed by atoms with Crippen LogP contribution < -0.4 is 4.90 Å². The molecule has 2 aromatic rings. The van der Waals surface area contributed by atoms with E-state index >= 15 is 0 Å². The molecule has 3 nitrogen and oxygen atoms in total. The third kappa shape index (κ3) is 2.43. The molecular formula is C16H17NO2S. The van der Waals surface area contributed by atoms with Crippen LogP contribution in [0.15, 0.2) is 36.4 Å². The smallest absolute Gasteiger partial charge is 0.348 e. The molecule has 1 aromatic carbocycles. The Morgan fingerprint density at radius 1 is 1.20 bits per heavy atom. The first kappa shape index (κ1) is 13.2. The van der Waals surface area contributed by atoms with E-state index in [0.29, 0.717) is 4.88 Å². The van der Waals surface area contributed by atoms with E-state index in [1.807, 2.05) is 24.3 Å². The van der Waals surface area contributed by atoms with Crippen LogP contribution in [0.2, 0.25) is 0 Å². The van der Waals surface area contributed by atoms with Gasteiger partial charge < -0.3 is 9.64 Å². The number of ether oxygens (including phenoxy) is 1. The summed E-state index contributed by atoms with van der Waals surface area (Å²) in [6, 6.07) is 12.2. The Labute approximate surface area is 122 Å². The number of carbonyl (C=O) groups excluding carboxylic acids is 1. The normalized spacial score (nSPS) is 14.6. The van der Waals surface area contributed by atoms with Crippen molar-refractivity contribution in [1.82, 2.24) is 0 Å². The van der Waals surface area contributed by atoms with E-state index in [1.165, 1.54) is 36.3 Å². The van der Waals surface area contributed by atoms with Gasteiger partial charge in [0.05, 0.1) is 12.1 Å². The third-order valence-corrected chi connectivity index (χ3v) is 4.75. The van der Waals surface area contributed by atoms with Gasteiger partial charge in [0.25, 0.3) is 0 Å². The van der Waals surface area contributed by atoms with E-state index in [9.17, 15) is 4.79 Å². The number of esters is 1. The van der Waals surface area contributed by atoms with Crippen molar-refractivity contribution < 1.29 is 9.53 Å². The lowest BCUT2D eigenvalue weighted by Gasteiger charge is -2.17. The second kappa shape index (κ2) is 5.67.